The van der Waals surface area contributed by atoms with Crippen LogP contribution in [-0.4, -0.2) is 55.2 Å². The predicted molar refractivity (Wildman–Crippen MR) is 109 cm³/mol. The Balaban J connectivity index is 0.00000196. The zero-order chi connectivity index (χ0) is 17.4. The SMILES string of the molecule is Cc1cc(Cl)cc2sc(N(CCN3CCOCC3)C(=O)C3CC3)nc12.Cl. The lowest BCUT2D eigenvalue weighted by molar-refractivity contribution is -0.119. The summed E-state index contributed by atoms with van der Waals surface area (Å²) in [4.78, 5) is 21.8. The minimum Gasteiger partial charge on any atom is -0.379 e. The Morgan fingerprint density at radius 1 is 1.38 bits per heavy atom. The number of ether oxygens (including phenoxy) is 1. The zero-order valence-electron chi connectivity index (χ0n) is 14.7. The van der Waals surface area contributed by atoms with Crippen molar-refractivity contribution in [2.75, 3.05) is 44.3 Å². The molecule has 1 aliphatic heterocycles. The first-order valence-electron chi connectivity index (χ1n) is 8.80. The number of nitrogens with zero attached hydrogens (tertiary/aromatic N) is 3. The van der Waals surface area contributed by atoms with Crippen molar-refractivity contribution in [2.45, 2.75) is 19.8 Å². The number of aryl methyl sites for hydroxylation is 1. The van der Waals surface area contributed by atoms with Gasteiger partial charge < -0.3 is 4.74 Å². The van der Waals surface area contributed by atoms with Crippen LogP contribution in [0.25, 0.3) is 10.2 Å². The van der Waals surface area contributed by atoms with E-state index in [1.807, 2.05) is 24.0 Å². The summed E-state index contributed by atoms with van der Waals surface area (Å²) in [6.45, 7) is 6.96. The van der Waals surface area contributed by atoms with E-state index >= 15 is 0 Å². The molecule has 8 heteroatoms. The van der Waals surface area contributed by atoms with Gasteiger partial charge in [0.15, 0.2) is 5.13 Å². The average molecular weight is 416 g/mol. The van der Waals surface area contributed by atoms with Crippen molar-refractivity contribution in [1.82, 2.24) is 9.88 Å². The molecule has 0 N–H and O–H groups in total. The van der Waals surface area contributed by atoms with Gasteiger partial charge in [-0.2, -0.15) is 0 Å². The fourth-order valence-corrected chi connectivity index (χ4v) is 4.63. The highest BCUT2D eigenvalue weighted by atomic mass is 35.5. The molecular formula is C18H23Cl2N3O2S. The summed E-state index contributed by atoms with van der Waals surface area (Å²) in [5, 5.41) is 1.51. The van der Waals surface area contributed by atoms with Crippen molar-refractivity contribution in [1.29, 1.82) is 0 Å². The molecule has 1 aromatic heterocycles. The van der Waals surface area contributed by atoms with Gasteiger partial charge in [0, 0.05) is 37.1 Å². The predicted octanol–water partition coefficient (Wildman–Crippen LogP) is 3.76. The minimum atomic E-state index is 0. The van der Waals surface area contributed by atoms with E-state index in [2.05, 4.69) is 4.90 Å². The van der Waals surface area contributed by atoms with Crippen LogP contribution in [-0.2, 0) is 9.53 Å². The molecule has 0 unspecified atom stereocenters. The number of benzene rings is 1. The van der Waals surface area contributed by atoms with Crippen LogP contribution in [0.2, 0.25) is 5.02 Å². The van der Waals surface area contributed by atoms with Crippen molar-refractivity contribution in [3.05, 3.63) is 22.7 Å². The smallest absolute Gasteiger partial charge is 0.231 e. The third-order valence-electron chi connectivity index (χ3n) is 4.81. The fraction of sp³-hybridized carbons (Fsp3) is 0.556. The highest BCUT2D eigenvalue weighted by Gasteiger charge is 2.35. The average Bonchev–Trinajstić information content (AvgIpc) is 3.36. The summed E-state index contributed by atoms with van der Waals surface area (Å²) in [5.41, 5.74) is 2.00. The second-order valence-electron chi connectivity index (χ2n) is 6.78. The van der Waals surface area contributed by atoms with Gasteiger partial charge in [-0.15, -0.1) is 12.4 Å². The van der Waals surface area contributed by atoms with Gasteiger partial charge in [-0.25, -0.2) is 4.98 Å². The number of anilines is 1. The van der Waals surface area contributed by atoms with Gasteiger partial charge in [-0.1, -0.05) is 22.9 Å². The van der Waals surface area contributed by atoms with Crippen molar-refractivity contribution in [2.24, 2.45) is 5.92 Å². The number of hydrogen-bond donors (Lipinski definition) is 0. The van der Waals surface area contributed by atoms with Gasteiger partial charge in [0.05, 0.1) is 23.4 Å². The third-order valence-corrected chi connectivity index (χ3v) is 6.05. The van der Waals surface area contributed by atoms with Gasteiger partial charge in [0.1, 0.15) is 0 Å². The molecule has 0 radical (unpaired) electrons. The maximum atomic E-state index is 12.8. The summed E-state index contributed by atoms with van der Waals surface area (Å²) < 4.78 is 6.45. The first kappa shape index (κ1) is 19.8. The summed E-state index contributed by atoms with van der Waals surface area (Å²) >= 11 is 7.74. The zero-order valence-corrected chi connectivity index (χ0v) is 17.1. The number of amides is 1. The summed E-state index contributed by atoms with van der Waals surface area (Å²) in [6, 6.07) is 3.86. The molecule has 2 fully saturated rings. The molecule has 5 nitrogen and oxygen atoms in total. The van der Waals surface area contributed by atoms with E-state index < -0.39 is 0 Å². The Kier molecular flexibility index (Phi) is 6.41. The van der Waals surface area contributed by atoms with Crippen LogP contribution in [0.1, 0.15) is 18.4 Å². The normalized spacial score (nSPS) is 17.9. The van der Waals surface area contributed by atoms with E-state index in [1.165, 1.54) is 0 Å². The van der Waals surface area contributed by atoms with Gasteiger partial charge >= 0.3 is 0 Å². The topological polar surface area (TPSA) is 45.7 Å². The maximum absolute atomic E-state index is 12.8. The van der Waals surface area contributed by atoms with E-state index in [0.717, 1.165) is 66.6 Å². The van der Waals surface area contributed by atoms with E-state index in [1.54, 1.807) is 11.3 Å². The molecule has 4 rings (SSSR count). The molecule has 0 bridgehead atoms. The van der Waals surface area contributed by atoms with Crippen LogP contribution in [0.15, 0.2) is 12.1 Å². The molecule has 0 atom stereocenters. The molecule has 2 aromatic rings. The van der Waals surface area contributed by atoms with Crippen molar-refractivity contribution in [3.8, 4) is 0 Å². The highest BCUT2D eigenvalue weighted by molar-refractivity contribution is 7.22. The first-order chi connectivity index (χ1) is 12.1. The second kappa shape index (κ2) is 8.40. The summed E-state index contributed by atoms with van der Waals surface area (Å²) in [5.74, 6) is 0.400. The Morgan fingerprint density at radius 2 is 2.12 bits per heavy atom. The number of aromatic nitrogens is 1. The number of thiazole rings is 1. The van der Waals surface area contributed by atoms with Crippen LogP contribution in [0.4, 0.5) is 5.13 Å². The van der Waals surface area contributed by atoms with E-state index in [0.29, 0.717) is 11.6 Å². The monoisotopic (exact) mass is 415 g/mol. The minimum absolute atomic E-state index is 0. The maximum Gasteiger partial charge on any atom is 0.231 e. The fourth-order valence-electron chi connectivity index (χ4n) is 3.18. The summed E-state index contributed by atoms with van der Waals surface area (Å²) in [6.07, 6.45) is 2.01. The first-order valence-corrected chi connectivity index (χ1v) is 9.99. The Morgan fingerprint density at radius 3 is 2.81 bits per heavy atom. The summed E-state index contributed by atoms with van der Waals surface area (Å²) in [7, 11) is 0. The Labute approximate surface area is 168 Å². The van der Waals surface area contributed by atoms with Crippen LogP contribution in [0, 0.1) is 12.8 Å². The molecule has 1 amide bonds. The number of hydrogen-bond acceptors (Lipinski definition) is 5. The van der Waals surface area contributed by atoms with E-state index in [4.69, 9.17) is 21.3 Å². The third kappa shape index (κ3) is 4.31. The molecule has 1 aromatic carbocycles. The molecule has 0 spiro atoms. The molecule has 1 aliphatic carbocycles. The molecule has 26 heavy (non-hydrogen) atoms. The molecule has 1 saturated carbocycles. The Hall–Kier alpha value is -0.920. The van der Waals surface area contributed by atoms with Gasteiger partial charge in [0.25, 0.3) is 0 Å². The molecule has 142 valence electrons. The number of fused-ring (bicyclic) bond motifs is 1. The van der Waals surface area contributed by atoms with Crippen molar-refractivity contribution >= 4 is 56.6 Å². The van der Waals surface area contributed by atoms with E-state index in [-0.39, 0.29) is 24.2 Å². The van der Waals surface area contributed by atoms with E-state index in [9.17, 15) is 4.79 Å². The largest absolute Gasteiger partial charge is 0.379 e. The van der Waals surface area contributed by atoms with Crippen LogP contribution < -0.4 is 4.90 Å². The lowest BCUT2D eigenvalue weighted by Crippen LogP contribution is -2.43. The van der Waals surface area contributed by atoms with Crippen molar-refractivity contribution < 1.29 is 9.53 Å². The lowest BCUT2D eigenvalue weighted by Gasteiger charge is -2.29. The number of carbonyl (C=O) groups excluding carboxylic acids is 1. The highest BCUT2D eigenvalue weighted by Crippen LogP contribution is 2.37. The second-order valence-corrected chi connectivity index (χ2v) is 8.23. The molecule has 2 heterocycles. The van der Waals surface area contributed by atoms with Crippen LogP contribution in [0.5, 0.6) is 0 Å². The number of carbonyl (C=O) groups is 1. The number of rotatable bonds is 5. The molecule has 2 aliphatic rings. The number of halogens is 2. The Bertz CT molecular complexity index is 788. The van der Waals surface area contributed by atoms with Crippen LogP contribution >= 0.6 is 35.3 Å². The molecule has 1 saturated heterocycles. The van der Waals surface area contributed by atoms with Gasteiger partial charge in [-0.05, 0) is 37.5 Å². The molecular weight excluding hydrogens is 393 g/mol. The number of morpholine rings is 1. The van der Waals surface area contributed by atoms with Crippen LogP contribution in [0.3, 0.4) is 0 Å². The van der Waals surface area contributed by atoms with Gasteiger partial charge in [0.2, 0.25) is 5.91 Å². The lowest BCUT2D eigenvalue weighted by atomic mass is 10.2. The van der Waals surface area contributed by atoms with Gasteiger partial charge in [-0.3, -0.25) is 14.6 Å². The standard InChI is InChI=1S/C18H22ClN3O2S.ClH/c1-12-10-14(19)11-15-16(12)20-18(25-15)22(17(23)13-2-3-13)5-4-21-6-8-24-9-7-21;/h10-11,13H,2-9H2,1H3;1H. The quantitative estimate of drug-likeness (QED) is 0.745. The van der Waals surface area contributed by atoms with Crippen molar-refractivity contribution in [3.63, 3.8) is 0 Å².